The van der Waals surface area contributed by atoms with Crippen LogP contribution in [0.3, 0.4) is 0 Å². The molecule has 3 N–H and O–H groups in total. The Hall–Kier alpha value is -1.67. The van der Waals surface area contributed by atoms with Crippen LogP contribution in [0.2, 0.25) is 0 Å². The van der Waals surface area contributed by atoms with Crippen molar-refractivity contribution in [3.8, 4) is 0 Å². The number of amides is 3. The Bertz CT molecular complexity index is 616. The largest absolute Gasteiger partial charge is 0.396 e. The number of hydrogen-bond donors (Lipinski definition) is 3. The summed E-state index contributed by atoms with van der Waals surface area (Å²) < 4.78 is 6.20. The Morgan fingerprint density at radius 2 is 2.04 bits per heavy atom. The fraction of sp³-hybridized carbons (Fsp3) is 0.833. The number of likely N-dealkylation sites (tertiary alicyclic amines) is 1. The molecule has 3 rings (SSSR count). The van der Waals surface area contributed by atoms with Crippen LogP contribution in [0, 0.1) is 11.8 Å². The zero-order valence-corrected chi connectivity index (χ0v) is 15.9. The minimum atomic E-state index is -0.955. The van der Waals surface area contributed by atoms with Crippen molar-refractivity contribution in [3.63, 3.8) is 0 Å². The molecule has 8 nitrogen and oxygen atoms in total. The molecule has 0 aromatic heterocycles. The maximum absolute atomic E-state index is 13.2. The second kappa shape index (κ2) is 6.49. The van der Waals surface area contributed by atoms with E-state index in [2.05, 4.69) is 10.6 Å². The van der Waals surface area contributed by atoms with Gasteiger partial charge in [-0.3, -0.25) is 14.4 Å². The number of nitrogens with zero attached hydrogens (tertiary/aromatic N) is 1. The quantitative estimate of drug-likeness (QED) is 0.602. The molecular weight excluding hydrogens is 338 g/mol. The van der Waals surface area contributed by atoms with Crippen LogP contribution in [0.1, 0.15) is 40.0 Å². The molecule has 3 aliphatic heterocycles. The van der Waals surface area contributed by atoms with Crippen molar-refractivity contribution >= 4 is 17.7 Å². The summed E-state index contributed by atoms with van der Waals surface area (Å²) in [5.41, 5.74) is -1.40. The molecule has 2 bridgehead atoms. The third kappa shape index (κ3) is 2.79. The Morgan fingerprint density at radius 1 is 1.35 bits per heavy atom. The first-order valence-electron chi connectivity index (χ1n) is 9.29. The molecule has 3 amide bonds. The topological polar surface area (TPSA) is 108 Å². The second-order valence-electron chi connectivity index (χ2n) is 8.52. The van der Waals surface area contributed by atoms with Crippen LogP contribution in [0.25, 0.3) is 0 Å². The fourth-order valence-corrected chi connectivity index (χ4v) is 4.84. The summed E-state index contributed by atoms with van der Waals surface area (Å²) in [5, 5.41) is 14.8. The smallest absolute Gasteiger partial charge is 0.246 e. The van der Waals surface area contributed by atoms with E-state index in [1.807, 2.05) is 20.8 Å². The number of rotatable bonds is 5. The van der Waals surface area contributed by atoms with Gasteiger partial charge in [0.05, 0.1) is 17.9 Å². The highest BCUT2D eigenvalue weighted by Crippen LogP contribution is 2.58. The van der Waals surface area contributed by atoms with Crippen molar-refractivity contribution in [3.05, 3.63) is 0 Å². The number of carbonyl (C=O) groups is 3. The summed E-state index contributed by atoms with van der Waals surface area (Å²) in [7, 11) is 1.55. The number of aliphatic hydroxyl groups excluding tert-OH is 1. The van der Waals surface area contributed by atoms with Crippen molar-refractivity contribution in [2.24, 2.45) is 11.8 Å². The molecule has 0 saturated carbocycles. The van der Waals surface area contributed by atoms with Crippen molar-refractivity contribution in [2.45, 2.75) is 63.3 Å². The molecule has 0 aliphatic carbocycles. The van der Waals surface area contributed by atoms with Crippen molar-refractivity contribution < 1.29 is 24.2 Å². The molecule has 0 radical (unpaired) electrons. The third-order valence-corrected chi connectivity index (χ3v) is 5.65. The molecule has 0 aromatic rings. The molecule has 146 valence electrons. The molecule has 26 heavy (non-hydrogen) atoms. The van der Waals surface area contributed by atoms with E-state index >= 15 is 0 Å². The van der Waals surface area contributed by atoms with Gasteiger partial charge in [0, 0.05) is 25.7 Å². The van der Waals surface area contributed by atoms with E-state index < -0.39 is 29.0 Å². The molecule has 1 spiro atoms. The average molecular weight is 367 g/mol. The highest BCUT2D eigenvalue weighted by molar-refractivity contribution is 5.99. The van der Waals surface area contributed by atoms with Crippen molar-refractivity contribution in [1.82, 2.24) is 15.5 Å². The Labute approximate surface area is 153 Å². The monoisotopic (exact) mass is 367 g/mol. The van der Waals surface area contributed by atoms with Gasteiger partial charge in [-0.05, 0) is 40.0 Å². The number of fused-ring (bicyclic) bond motifs is 1. The average Bonchev–Trinajstić information content (AvgIpc) is 3.18. The molecule has 8 heteroatoms. The van der Waals surface area contributed by atoms with Crippen molar-refractivity contribution in [2.75, 3.05) is 20.2 Å². The van der Waals surface area contributed by atoms with Crippen LogP contribution in [0.5, 0.6) is 0 Å². The number of nitrogens with one attached hydrogen (secondary N) is 2. The number of aliphatic hydroxyl groups is 1. The van der Waals surface area contributed by atoms with Crippen LogP contribution < -0.4 is 10.6 Å². The van der Waals surface area contributed by atoms with Crippen LogP contribution in [0.15, 0.2) is 0 Å². The van der Waals surface area contributed by atoms with Gasteiger partial charge in [0.15, 0.2) is 0 Å². The van der Waals surface area contributed by atoms with E-state index in [0.717, 1.165) is 0 Å². The van der Waals surface area contributed by atoms with Gasteiger partial charge in [-0.25, -0.2) is 0 Å². The molecule has 0 aromatic carbocycles. The Kier molecular flexibility index (Phi) is 4.77. The zero-order valence-electron chi connectivity index (χ0n) is 15.9. The van der Waals surface area contributed by atoms with E-state index in [-0.39, 0.29) is 37.0 Å². The minimum Gasteiger partial charge on any atom is -0.396 e. The minimum absolute atomic E-state index is 0.0720. The number of carbonyl (C=O) groups excluding carboxylic acids is 3. The van der Waals surface area contributed by atoms with E-state index in [1.165, 1.54) is 4.90 Å². The van der Waals surface area contributed by atoms with Gasteiger partial charge in [-0.1, -0.05) is 0 Å². The molecule has 3 fully saturated rings. The number of hydrogen-bond acceptors (Lipinski definition) is 5. The van der Waals surface area contributed by atoms with E-state index in [9.17, 15) is 19.5 Å². The lowest BCUT2D eigenvalue weighted by Gasteiger charge is -2.35. The standard InChI is InChI=1S/C18H29N3O5/c1-17(2,3)20-15(24)13-18-7-6-10(26-18)11(14(23)19-4)12(18)16(25)21(13)8-5-9-22/h10-13,22H,5-9H2,1-4H3,(H,19,23)(H,20,24)/t10-,11+,12+,13?,18?/m1/s1. The van der Waals surface area contributed by atoms with Gasteiger partial charge in [0.25, 0.3) is 0 Å². The van der Waals surface area contributed by atoms with Crippen LogP contribution in [0.4, 0.5) is 0 Å². The highest BCUT2D eigenvalue weighted by Gasteiger charge is 2.74. The van der Waals surface area contributed by atoms with Gasteiger partial charge < -0.3 is 25.4 Å². The number of ether oxygens (including phenoxy) is 1. The molecule has 3 aliphatic rings. The highest BCUT2D eigenvalue weighted by atomic mass is 16.5. The lowest BCUT2D eigenvalue weighted by molar-refractivity contribution is -0.142. The van der Waals surface area contributed by atoms with E-state index in [0.29, 0.717) is 19.3 Å². The predicted octanol–water partition coefficient (Wildman–Crippen LogP) is -0.596. The van der Waals surface area contributed by atoms with E-state index in [4.69, 9.17) is 4.74 Å². The van der Waals surface area contributed by atoms with Gasteiger partial charge in [-0.2, -0.15) is 0 Å². The van der Waals surface area contributed by atoms with E-state index in [1.54, 1.807) is 7.05 Å². The summed E-state index contributed by atoms with van der Waals surface area (Å²) in [4.78, 5) is 40.2. The van der Waals surface area contributed by atoms with Gasteiger partial charge in [0.2, 0.25) is 17.7 Å². The lowest BCUT2D eigenvalue weighted by atomic mass is 9.70. The van der Waals surface area contributed by atoms with Crippen LogP contribution in [-0.2, 0) is 19.1 Å². The Balaban J connectivity index is 1.99. The molecule has 2 unspecified atom stereocenters. The predicted molar refractivity (Wildman–Crippen MR) is 93.0 cm³/mol. The lowest BCUT2D eigenvalue weighted by Crippen LogP contribution is -2.58. The maximum atomic E-state index is 13.2. The summed E-state index contributed by atoms with van der Waals surface area (Å²) in [6, 6.07) is -0.773. The first kappa shape index (κ1) is 19.1. The summed E-state index contributed by atoms with van der Waals surface area (Å²) >= 11 is 0. The maximum Gasteiger partial charge on any atom is 0.246 e. The summed E-state index contributed by atoms with van der Waals surface area (Å²) in [6.45, 7) is 5.85. The first-order chi connectivity index (χ1) is 12.2. The molecule has 3 heterocycles. The van der Waals surface area contributed by atoms with Gasteiger partial charge in [-0.15, -0.1) is 0 Å². The Morgan fingerprint density at radius 3 is 2.62 bits per heavy atom. The first-order valence-corrected chi connectivity index (χ1v) is 9.29. The van der Waals surface area contributed by atoms with Crippen LogP contribution in [-0.4, -0.2) is 71.2 Å². The second-order valence-corrected chi connectivity index (χ2v) is 8.52. The summed E-state index contributed by atoms with van der Waals surface area (Å²) in [6.07, 6.45) is 1.30. The summed E-state index contributed by atoms with van der Waals surface area (Å²) in [5.74, 6) is -1.90. The molecule has 3 saturated heterocycles. The van der Waals surface area contributed by atoms with Crippen LogP contribution >= 0.6 is 0 Å². The van der Waals surface area contributed by atoms with Gasteiger partial charge >= 0.3 is 0 Å². The van der Waals surface area contributed by atoms with Crippen molar-refractivity contribution in [1.29, 1.82) is 0 Å². The van der Waals surface area contributed by atoms with Gasteiger partial charge in [0.1, 0.15) is 11.6 Å². The zero-order chi connectivity index (χ0) is 19.3. The normalized spacial score (nSPS) is 35.6. The fourth-order valence-electron chi connectivity index (χ4n) is 4.84. The SMILES string of the molecule is CNC(=O)[C@@H]1[C@H]2C(=O)N(CCCO)C(C(=O)NC(C)(C)C)C23CC[C@H]1O3. The molecule has 5 atom stereocenters. The third-order valence-electron chi connectivity index (χ3n) is 5.65. The molecular formula is C18H29N3O5.